The van der Waals surface area contributed by atoms with Crippen LogP contribution in [0.5, 0.6) is 11.5 Å². The first-order chi connectivity index (χ1) is 12.4. The lowest BCUT2D eigenvalue weighted by molar-refractivity contribution is -0.137. The van der Waals surface area contributed by atoms with Crippen LogP contribution in [0.25, 0.3) is 0 Å². The van der Waals surface area contributed by atoms with Gasteiger partial charge in [0, 0.05) is 12.1 Å². The first-order valence-electron chi connectivity index (χ1n) is 8.21. The zero-order valence-electron chi connectivity index (χ0n) is 14.3. The molecule has 1 N–H and O–H groups in total. The fraction of sp³-hybridized carbons (Fsp3) is 0.316. The van der Waals surface area contributed by atoms with E-state index in [9.17, 15) is 18.0 Å². The Labute approximate surface area is 149 Å². The van der Waals surface area contributed by atoms with Gasteiger partial charge in [0.2, 0.25) is 5.91 Å². The fourth-order valence-electron chi connectivity index (χ4n) is 2.19. The van der Waals surface area contributed by atoms with E-state index in [1.165, 1.54) is 12.1 Å². The Balaban J connectivity index is 1.70. The molecule has 0 bridgehead atoms. The van der Waals surface area contributed by atoms with Crippen molar-refractivity contribution in [3.05, 3.63) is 54.1 Å². The predicted molar refractivity (Wildman–Crippen MR) is 92.4 cm³/mol. The Morgan fingerprint density at radius 2 is 1.54 bits per heavy atom. The van der Waals surface area contributed by atoms with Gasteiger partial charge in [0.05, 0.1) is 18.8 Å². The van der Waals surface area contributed by atoms with E-state index < -0.39 is 11.7 Å². The highest BCUT2D eigenvalue weighted by Gasteiger charge is 2.29. The van der Waals surface area contributed by atoms with Crippen LogP contribution >= 0.6 is 0 Å². The second-order valence-corrected chi connectivity index (χ2v) is 5.48. The number of hydrogen-bond acceptors (Lipinski definition) is 3. The van der Waals surface area contributed by atoms with Crippen molar-refractivity contribution < 1.29 is 27.4 Å². The maximum atomic E-state index is 12.5. The zero-order valence-corrected chi connectivity index (χ0v) is 14.3. The molecule has 0 radical (unpaired) electrons. The smallest absolute Gasteiger partial charge is 0.416 e. The van der Waals surface area contributed by atoms with Crippen LogP contribution in [0.4, 0.5) is 18.9 Å². The van der Waals surface area contributed by atoms with Crippen molar-refractivity contribution in [3.63, 3.8) is 0 Å². The Hall–Kier alpha value is -2.70. The number of ether oxygens (including phenoxy) is 2. The molecule has 2 aromatic rings. The molecule has 0 aliphatic rings. The third-order valence-corrected chi connectivity index (χ3v) is 3.45. The van der Waals surface area contributed by atoms with Crippen molar-refractivity contribution in [2.45, 2.75) is 25.9 Å². The second-order valence-electron chi connectivity index (χ2n) is 5.48. The Morgan fingerprint density at radius 1 is 0.962 bits per heavy atom. The zero-order chi connectivity index (χ0) is 19.0. The lowest BCUT2D eigenvalue weighted by Gasteiger charge is -2.09. The van der Waals surface area contributed by atoms with E-state index in [0.29, 0.717) is 31.1 Å². The van der Waals surface area contributed by atoms with E-state index in [2.05, 4.69) is 5.32 Å². The van der Waals surface area contributed by atoms with Crippen LogP contribution < -0.4 is 14.8 Å². The highest BCUT2D eigenvalue weighted by Crippen LogP contribution is 2.29. The number of amides is 1. The van der Waals surface area contributed by atoms with Crippen molar-refractivity contribution >= 4 is 11.6 Å². The number of nitrogens with one attached hydrogen (secondary N) is 1. The third kappa shape index (κ3) is 6.31. The molecule has 4 nitrogen and oxygen atoms in total. The lowest BCUT2D eigenvalue weighted by Crippen LogP contribution is -2.13. The predicted octanol–water partition coefficient (Wildman–Crippen LogP) is 4.90. The van der Waals surface area contributed by atoms with Gasteiger partial charge in [-0.3, -0.25) is 4.79 Å². The molecule has 0 unspecified atom stereocenters. The molecule has 2 aromatic carbocycles. The van der Waals surface area contributed by atoms with E-state index >= 15 is 0 Å². The fourth-order valence-corrected chi connectivity index (χ4v) is 2.19. The largest absolute Gasteiger partial charge is 0.494 e. The standard InChI is InChI=1S/C19H20F3NO3/c1-2-25-16-9-11-17(12-10-16)26-13-3-4-18(24)23-15-7-5-14(6-8-15)19(20,21)22/h5-12H,2-4,13H2,1H3,(H,23,24). The summed E-state index contributed by atoms with van der Waals surface area (Å²) in [5.74, 6) is 1.16. The summed E-state index contributed by atoms with van der Waals surface area (Å²) in [4.78, 5) is 11.8. The van der Waals surface area contributed by atoms with Gasteiger partial charge in [-0.2, -0.15) is 13.2 Å². The van der Waals surface area contributed by atoms with Crippen molar-refractivity contribution in [2.24, 2.45) is 0 Å². The summed E-state index contributed by atoms with van der Waals surface area (Å²) in [7, 11) is 0. The molecule has 0 fully saturated rings. The van der Waals surface area contributed by atoms with Crippen molar-refractivity contribution in [1.29, 1.82) is 0 Å². The van der Waals surface area contributed by atoms with Gasteiger partial charge in [0.1, 0.15) is 11.5 Å². The minimum atomic E-state index is -4.39. The van der Waals surface area contributed by atoms with Crippen LogP contribution in [-0.4, -0.2) is 19.1 Å². The first kappa shape index (κ1) is 19.6. The van der Waals surface area contributed by atoms with E-state index in [1.807, 2.05) is 6.92 Å². The number of carbonyl (C=O) groups is 1. The van der Waals surface area contributed by atoms with Gasteiger partial charge in [0.25, 0.3) is 0 Å². The summed E-state index contributed by atoms with van der Waals surface area (Å²) in [6, 6.07) is 11.5. The summed E-state index contributed by atoms with van der Waals surface area (Å²) in [6.45, 7) is 2.85. The minimum Gasteiger partial charge on any atom is -0.494 e. The second kappa shape index (κ2) is 9.12. The summed E-state index contributed by atoms with van der Waals surface area (Å²) in [5, 5.41) is 2.56. The van der Waals surface area contributed by atoms with Gasteiger partial charge < -0.3 is 14.8 Å². The topological polar surface area (TPSA) is 47.6 Å². The van der Waals surface area contributed by atoms with Crippen LogP contribution in [0.3, 0.4) is 0 Å². The normalized spacial score (nSPS) is 11.1. The Morgan fingerprint density at radius 3 is 2.08 bits per heavy atom. The summed E-state index contributed by atoms with van der Waals surface area (Å²) >= 11 is 0. The van der Waals surface area contributed by atoms with Crippen LogP contribution in [0.15, 0.2) is 48.5 Å². The molecule has 0 saturated carbocycles. The van der Waals surface area contributed by atoms with Crippen LogP contribution in [0.2, 0.25) is 0 Å². The molecule has 0 aromatic heterocycles. The van der Waals surface area contributed by atoms with Crippen LogP contribution in [0.1, 0.15) is 25.3 Å². The number of halogens is 3. The van der Waals surface area contributed by atoms with E-state index in [0.717, 1.165) is 17.9 Å². The number of rotatable bonds is 8. The number of anilines is 1. The molecule has 0 aliphatic carbocycles. The van der Waals surface area contributed by atoms with Crippen LogP contribution in [-0.2, 0) is 11.0 Å². The highest BCUT2D eigenvalue weighted by molar-refractivity contribution is 5.90. The quantitative estimate of drug-likeness (QED) is 0.675. The molecule has 1 amide bonds. The molecule has 26 heavy (non-hydrogen) atoms. The van der Waals surface area contributed by atoms with Crippen molar-refractivity contribution in [3.8, 4) is 11.5 Å². The summed E-state index contributed by atoms with van der Waals surface area (Å²) in [6.07, 6.45) is -3.70. The number of alkyl halides is 3. The third-order valence-electron chi connectivity index (χ3n) is 3.45. The SMILES string of the molecule is CCOc1ccc(OCCCC(=O)Nc2ccc(C(F)(F)F)cc2)cc1. The van der Waals surface area contributed by atoms with Gasteiger partial charge in [-0.25, -0.2) is 0 Å². The maximum Gasteiger partial charge on any atom is 0.416 e. The average molecular weight is 367 g/mol. The van der Waals surface area contributed by atoms with Crippen molar-refractivity contribution in [1.82, 2.24) is 0 Å². The lowest BCUT2D eigenvalue weighted by atomic mass is 10.2. The molecule has 0 heterocycles. The maximum absolute atomic E-state index is 12.5. The van der Waals surface area contributed by atoms with E-state index in [-0.39, 0.29) is 12.3 Å². The van der Waals surface area contributed by atoms with Gasteiger partial charge in [-0.1, -0.05) is 0 Å². The minimum absolute atomic E-state index is 0.206. The first-order valence-corrected chi connectivity index (χ1v) is 8.21. The Kier molecular flexibility index (Phi) is 6.89. The number of hydrogen-bond donors (Lipinski definition) is 1. The molecule has 7 heteroatoms. The van der Waals surface area contributed by atoms with Gasteiger partial charge in [0.15, 0.2) is 0 Å². The molecule has 2 rings (SSSR count). The monoisotopic (exact) mass is 367 g/mol. The molecule has 140 valence electrons. The summed E-state index contributed by atoms with van der Waals surface area (Å²) < 4.78 is 48.3. The highest BCUT2D eigenvalue weighted by atomic mass is 19.4. The molecule has 0 aliphatic heterocycles. The van der Waals surface area contributed by atoms with E-state index in [1.54, 1.807) is 24.3 Å². The van der Waals surface area contributed by atoms with Crippen LogP contribution in [0, 0.1) is 0 Å². The summed E-state index contributed by atoms with van der Waals surface area (Å²) in [5.41, 5.74) is -0.422. The molecule has 0 atom stereocenters. The van der Waals surface area contributed by atoms with Gasteiger partial charge >= 0.3 is 6.18 Å². The molecular weight excluding hydrogens is 347 g/mol. The van der Waals surface area contributed by atoms with Crippen molar-refractivity contribution in [2.75, 3.05) is 18.5 Å². The number of benzene rings is 2. The molecule has 0 spiro atoms. The average Bonchev–Trinajstić information content (AvgIpc) is 2.60. The van der Waals surface area contributed by atoms with Gasteiger partial charge in [-0.05, 0) is 61.9 Å². The molecular formula is C19H20F3NO3. The molecule has 0 saturated heterocycles. The number of carbonyl (C=O) groups excluding carboxylic acids is 1. The van der Waals surface area contributed by atoms with Gasteiger partial charge in [-0.15, -0.1) is 0 Å². The Bertz CT molecular complexity index is 697. The van der Waals surface area contributed by atoms with E-state index in [4.69, 9.17) is 9.47 Å².